The number of alkyl halides is 2. The van der Waals surface area contributed by atoms with Crippen LogP contribution in [0.25, 0.3) is 0 Å². The number of carbonyl (C=O) groups excluding carboxylic acids is 1. The lowest BCUT2D eigenvalue weighted by atomic mass is 9.65. The highest BCUT2D eigenvalue weighted by atomic mass is 19.3. The highest BCUT2D eigenvalue weighted by Crippen LogP contribution is 2.48. The molecule has 0 heterocycles. The highest BCUT2D eigenvalue weighted by molar-refractivity contribution is 5.87. The van der Waals surface area contributed by atoms with Gasteiger partial charge >= 0.3 is 5.97 Å². The maximum atomic E-state index is 13.4. The molecule has 0 radical (unpaired) electrons. The zero-order valence-electron chi connectivity index (χ0n) is 13.8. The standard InChI is InChI=1S/C17H28F2O2/c1-11(2)15(20)21-17(12(3)4,13(5)6)14-7-9-16(18,19)10-8-14/h12-14H,1,7-10H2,2-6H3. The van der Waals surface area contributed by atoms with Gasteiger partial charge in [0, 0.05) is 18.4 Å². The molecule has 0 N–H and O–H groups in total. The molecule has 0 aliphatic heterocycles. The summed E-state index contributed by atoms with van der Waals surface area (Å²) in [5, 5.41) is 0. The second kappa shape index (κ2) is 6.45. The van der Waals surface area contributed by atoms with E-state index in [-0.39, 0.29) is 30.6 Å². The average Bonchev–Trinajstić information content (AvgIpc) is 2.35. The van der Waals surface area contributed by atoms with Crippen molar-refractivity contribution in [1.82, 2.24) is 0 Å². The summed E-state index contributed by atoms with van der Waals surface area (Å²) in [5.41, 5.74) is -0.353. The van der Waals surface area contributed by atoms with Crippen molar-refractivity contribution in [1.29, 1.82) is 0 Å². The van der Waals surface area contributed by atoms with E-state index in [9.17, 15) is 13.6 Å². The van der Waals surface area contributed by atoms with Gasteiger partial charge in [-0.05, 0) is 37.5 Å². The third kappa shape index (κ3) is 3.83. The zero-order chi connectivity index (χ0) is 16.4. The van der Waals surface area contributed by atoms with Gasteiger partial charge in [0.05, 0.1) is 0 Å². The van der Waals surface area contributed by atoms with Crippen molar-refractivity contribution in [2.75, 3.05) is 0 Å². The monoisotopic (exact) mass is 302 g/mol. The van der Waals surface area contributed by atoms with E-state index in [0.29, 0.717) is 18.4 Å². The molecule has 0 unspecified atom stereocenters. The Hall–Kier alpha value is -0.930. The Balaban J connectivity index is 3.07. The molecule has 0 aromatic heterocycles. The van der Waals surface area contributed by atoms with Crippen LogP contribution in [-0.4, -0.2) is 17.5 Å². The molecule has 0 aromatic carbocycles. The van der Waals surface area contributed by atoms with E-state index in [4.69, 9.17) is 4.74 Å². The molecule has 0 spiro atoms. The number of ether oxygens (including phenoxy) is 1. The molecule has 21 heavy (non-hydrogen) atoms. The minimum atomic E-state index is -2.57. The first kappa shape index (κ1) is 18.1. The number of rotatable bonds is 5. The van der Waals surface area contributed by atoms with Gasteiger partial charge in [-0.2, -0.15) is 0 Å². The predicted molar refractivity (Wildman–Crippen MR) is 80.2 cm³/mol. The Morgan fingerprint density at radius 3 is 1.95 bits per heavy atom. The Labute approximate surface area is 126 Å². The Morgan fingerprint density at radius 1 is 1.19 bits per heavy atom. The van der Waals surface area contributed by atoms with Crippen LogP contribution < -0.4 is 0 Å². The van der Waals surface area contributed by atoms with Gasteiger partial charge in [0.25, 0.3) is 0 Å². The fourth-order valence-corrected chi connectivity index (χ4v) is 3.67. The van der Waals surface area contributed by atoms with E-state index in [2.05, 4.69) is 6.58 Å². The van der Waals surface area contributed by atoms with Crippen LogP contribution in [0.1, 0.15) is 60.3 Å². The molecular formula is C17H28F2O2. The van der Waals surface area contributed by atoms with Gasteiger partial charge < -0.3 is 4.74 Å². The van der Waals surface area contributed by atoms with Crippen LogP contribution in [0.15, 0.2) is 12.2 Å². The smallest absolute Gasteiger partial charge is 0.333 e. The number of esters is 1. The maximum Gasteiger partial charge on any atom is 0.333 e. The van der Waals surface area contributed by atoms with Crippen LogP contribution >= 0.6 is 0 Å². The normalized spacial score (nSPS) is 19.9. The summed E-state index contributed by atoms with van der Waals surface area (Å²) in [6, 6.07) is 0. The molecule has 4 heteroatoms. The van der Waals surface area contributed by atoms with Crippen molar-refractivity contribution in [3.63, 3.8) is 0 Å². The molecule has 0 bridgehead atoms. The largest absolute Gasteiger partial charge is 0.455 e. The van der Waals surface area contributed by atoms with E-state index in [0.717, 1.165) is 0 Å². The summed E-state index contributed by atoms with van der Waals surface area (Å²) >= 11 is 0. The fourth-order valence-electron chi connectivity index (χ4n) is 3.67. The van der Waals surface area contributed by atoms with Crippen LogP contribution in [0.3, 0.4) is 0 Å². The molecule has 1 saturated carbocycles. The van der Waals surface area contributed by atoms with Gasteiger partial charge in [-0.25, -0.2) is 13.6 Å². The van der Waals surface area contributed by atoms with E-state index in [1.807, 2.05) is 27.7 Å². The molecule has 0 saturated heterocycles. The summed E-state index contributed by atoms with van der Waals surface area (Å²) < 4.78 is 32.7. The van der Waals surface area contributed by atoms with Crippen molar-refractivity contribution in [3.8, 4) is 0 Å². The quantitative estimate of drug-likeness (QED) is 0.528. The lowest BCUT2D eigenvalue weighted by Crippen LogP contribution is -2.53. The van der Waals surface area contributed by atoms with Gasteiger partial charge in [0.1, 0.15) is 5.60 Å². The van der Waals surface area contributed by atoms with E-state index in [1.165, 1.54) is 0 Å². The first-order valence-corrected chi connectivity index (χ1v) is 7.79. The van der Waals surface area contributed by atoms with E-state index >= 15 is 0 Å². The van der Waals surface area contributed by atoms with Crippen LogP contribution in [0.2, 0.25) is 0 Å². The third-order valence-corrected chi connectivity index (χ3v) is 4.78. The minimum absolute atomic E-state index is 0.0274. The molecule has 1 aliphatic carbocycles. The predicted octanol–water partition coefficient (Wildman–Crippen LogP) is 4.98. The first-order chi connectivity index (χ1) is 9.53. The van der Waals surface area contributed by atoms with Crippen molar-refractivity contribution >= 4 is 5.97 Å². The van der Waals surface area contributed by atoms with Gasteiger partial charge in [0.2, 0.25) is 5.92 Å². The van der Waals surface area contributed by atoms with Crippen LogP contribution in [0.4, 0.5) is 8.78 Å². The van der Waals surface area contributed by atoms with Gasteiger partial charge in [0.15, 0.2) is 0 Å². The molecule has 2 nitrogen and oxygen atoms in total. The highest BCUT2D eigenvalue weighted by Gasteiger charge is 2.51. The molecular weight excluding hydrogens is 274 g/mol. The summed E-state index contributed by atoms with van der Waals surface area (Å²) in [6.07, 6.45) is 0.548. The average molecular weight is 302 g/mol. The topological polar surface area (TPSA) is 26.3 Å². The summed E-state index contributed by atoms with van der Waals surface area (Å²) in [5.74, 6) is -2.89. The lowest BCUT2D eigenvalue weighted by Gasteiger charge is -2.48. The van der Waals surface area contributed by atoms with E-state index < -0.39 is 17.5 Å². The second-order valence-corrected chi connectivity index (χ2v) is 6.96. The van der Waals surface area contributed by atoms with Crippen molar-refractivity contribution in [2.45, 2.75) is 71.8 Å². The maximum absolute atomic E-state index is 13.4. The Morgan fingerprint density at radius 2 is 1.62 bits per heavy atom. The molecule has 1 rings (SSSR count). The van der Waals surface area contributed by atoms with Gasteiger partial charge in [-0.1, -0.05) is 34.3 Å². The summed E-state index contributed by atoms with van der Waals surface area (Å²) in [6.45, 7) is 13.2. The van der Waals surface area contributed by atoms with Crippen molar-refractivity contribution < 1.29 is 18.3 Å². The first-order valence-electron chi connectivity index (χ1n) is 7.79. The molecule has 1 fully saturated rings. The van der Waals surface area contributed by atoms with Crippen molar-refractivity contribution in [2.24, 2.45) is 17.8 Å². The number of halogens is 2. The zero-order valence-corrected chi connectivity index (χ0v) is 13.8. The summed E-state index contributed by atoms with van der Waals surface area (Å²) in [7, 11) is 0. The molecule has 0 atom stereocenters. The second-order valence-electron chi connectivity index (χ2n) is 6.96. The minimum Gasteiger partial charge on any atom is -0.455 e. The Kier molecular flexibility index (Phi) is 5.57. The van der Waals surface area contributed by atoms with Gasteiger partial charge in [-0.3, -0.25) is 0 Å². The number of hydrogen-bond donors (Lipinski definition) is 0. The SMILES string of the molecule is C=C(C)C(=O)OC(C(C)C)(C(C)C)C1CCC(F)(F)CC1. The molecule has 1 aliphatic rings. The lowest BCUT2D eigenvalue weighted by molar-refractivity contribution is -0.187. The Bertz CT molecular complexity index is 382. The van der Waals surface area contributed by atoms with Crippen LogP contribution in [0.5, 0.6) is 0 Å². The van der Waals surface area contributed by atoms with Gasteiger partial charge in [-0.15, -0.1) is 0 Å². The molecule has 0 aromatic rings. The van der Waals surface area contributed by atoms with Crippen LogP contribution in [-0.2, 0) is 9.53 Å². The van der Waals surface area contributed by atoms with Crippen LogP contribution in [0, 0.1) is 17.8 Å². The van der Waals surface area contributed by atoms with Crippen molar-refractivity contribution in [3.05, 3.63) is 12.2 Å². The molecule has 0 amide bonds. The number of hydrogen-bond acceptors (Lipinski definition) is 2. The fraction of sp³-hybridized carbons (Fsp3) is 0.824. The number of carbonyl (C=O) groups is 1. The molecule has 122 valence electrons. The van der Waals surface area contributed by atoms with E-state index in [1.54, 1.807) is 6.92 Å². The summed E-state index contributed by atoms with van der Waals surface area (Å²) in [4.78, 5) is 12.1. The third-order valence-electron chi connectivity index (χ3n) is 4.78.